The Morgan fingerprint density at radius 3 is 1.87 bits per heavy atom. The second-order valence-electron chi connectivity index (χ2n) is 7.92. The van der Waals surface area contributed by atoms with Crippen LogP contribution in [-0.4, -0.2) is 0 Å². The van der Waals surface area contributed by atoms with E-state index in [0.717, 1.165) is 29.7 Å². The van der Waals surface area contributed by atoms with Gasteiger partial charge in [-0.3, -0.25) is 0 Å². The predicted octanol–water partition coefficient (Wildman–Crippen LogP) is 6.53. The van der Waals surface area contributed by atoms with Crippen LogP contribution in [0.1, 0.15) is 70.3 Å². The van der Waals surface area contributed by atoms with Gasteiger partial charge in [0.1, 0.15) is 0 Å². The first-order valence-corrected chi connectivity index (χ1v) is 9.59. The molecule has 1 aromatic rings. The average Bonchev–Trinajstić information content (AvgIpc) is 2.59. The van der Waals surface area contributed by atoms with Crippen LogP contribution < -0.4 is 0 Å². The zero-order valence-electron chi connectivity index (χ0n) is 14.4. The smallest absolute Gasteiger partial charge is 0.159 e. The highest BCUT2D eigenvalue weighted by Gasteiger charge is 2.30. The Balaban J connectivity index is 1.46. The molecule has 2 aliphatic rings. The Morgan fingerprint density at radius 1 is 0.783 bits per heavy atom. The fourth-order valence-corrected chi connectivity index (χ4v) is 4.93. The first-order valence-electron chi connectivity index (χ1n) is 9.59. The number of rotatable bonds is 4. The Morgan fingerprint density at radius 2 is 1.35 bits per heavy atom. The summed E-state index contributed by atoms with van der Waals surface area (Å²) in [5.74, 6) is 2.08. The van der Waals surface area contributed by atoms with Crippen molar-refractivity contribution in [1.29, 1.82) is 0 Å². The van der Waals surface area contributed by atoms with Crippen molar-refractivity contribution in [3.05, 3.63) is 35.4 Å². The number of hydrogen-bond acceptors (Lipinski definition) is 0. The first kappa shape index (κ1) is 16.9. The van der Waals surface area contributed by atoms with Crippen molar-refractivity contribution in [2.45, 2.75) is 71.1 Å². The number of halogens is 2. The van der Waals surface area contributed by atoms with E-state index in [1.54, 1.807) is 6.07 Å². The minimum absolute atomic E-state index is 0.656. The molecule has 0 N–H and O–H groups in total. The summed E-state index contributed by atoms with van der Waals surface area (Å²) >= 11 is 0. The molecule has 2 fully saturated rings. The first-order chi connectivity index (χ1) is 11.2. The number of benzene rings is 1. The minimum atomic E-state index is -0.736. The molecule has 23 heavy (non-hydrogen) atoms. The van der Waals surface area contributed by atoms with E-state index >= 15 is 0 Å². The van der Waals surface area contributed by atoms with Gasteiger partial charge in [0.2, 0.25) is 0 Å². The largest absolute Gasteiger partial charge is 0.204 e. The lowest BCUT2D eigenvalue weighted by atomic mass is 9.68. The molecule has 0 atom stereocenters. The third-order valence-corrected chi connectivity index (χ3v) is 6.54. The zero-order chi connectivity index (χ0) is 16.2. The van der Waals surface area contributed by atoms with Gasteiger partial charge in [0.15, 0.2) is 11.6 Å². The minimum Gasteiger partial charge on any atom is -0.204 e. The molecule has 0 saturated heterocycles. The molecule has 0 radical (unpaired) electrons. The molecule has 3 rings (SSSR count). The van der Waals surface area contributed by atoms with Gasteiger partial charge in [0.05, 0.1) is 0 Å². The summed E-state index contributed by atoms with van der Waals surface area (Å²) in [7, 11) is 0. The molecule has 2 aliphatic carbocycles. The fraction of sp³-hybridized carbons (Fsp3) is 0.714. The van der Waals surface area contributed by atoms with Crippen molar-refractivity contribution >= 4 is 0 Å². The standard InChI is InChI=1S/C21H30F2/c1-2-15-3-8-18(9-4-15)19-10-5-16(6-11-19)13-17-7-12-20(22)21(23)14-17/h7,12,14-16,18-19H,2-6,8-11,13H2,1H3. The van der Waals surface area contributed by atoms with Crippen LogP contribution in [0.5, 0.6) is 0 Å². The van der Waals surface area contributed by atoms with Crippen LogP contribution in [0, 0.1) is 35.3 Å². The van der Waals surface area contributed by atoms with Gasteiger partial charge in [-0.25, -0.2) is 8.78 Å². The van der Waals surface area contributed by atoms with Crippen LogP contribution in [0.15, 0.2) is 18.2 Å². The summed E-state index contributed by atoms with van der Waals surface area (Å²) in [5.41, 5.74) is 0.954. The Bertz CT molecular complexity index is 495. The second kappa shape index (κ2) is 7.77. The maximum atomic E-state index is 13.3. The van der Waals surface area contributed by atoms with Crippen LogP contribution in [0.3, 0.4) is 0 Å². The summed E-state index contributed by atoms with van der Waals surface area (Å²) in [6, 6.07) is 4.40. The van der Waals surface area contributed by atoms with E-state index in [9.17, 15) is 8.78 Å². The summed E-state index contributed by atoms with van der Waals surface area (Å²) in [6.07, 6.45) is 13.2. The summed E-state index contributed by atoms with van der Waals surface area (Å²) < 4.78 is 26.3. The molecule has 0 heterocycles. The van der Waals surface area contributed by atoms with Crippen molar-refractivity contribution in [3.63, 3.8) is 0 Å². The average molecular weight is 320 g/mol. The van der Waals surface area contributed by atoms with Gasteiger partial charge in [-0.1, -0.05) is 32.3 Å². The van der Waals surface area contributed by atoms with Gasteiger partial charge < -0.3 is 0 Å². The topological polar surface area (TPSA) is 0 Å². The summed E-state index contributed by atoms with van der Waals surface area (Å²) in [6.45, 7) is 2.33. The molecular formula is C21H30F2. The van der Waals surface area contributed by atoms with Crippen molar-refractivity contribution in [3.8, 4) is 0 Å². The van der Waals surface area contributed by atoms with E-state index in [4.69, 9.17) is 0 Å². The molecule has 1 aromatic carbocycles. The highest BCUT2D eigenvalue weighted by Crippen LogP contribution is 2.42. The zero-order valence-corrected chi connectivity index (χ0v) is 14.4. The van der Waals surface area contributed by atoms with Crippen LogP contribution in [-0.2, 0) is 6.42 Å². The second-order valence-corrected chi connectivity index (χ2v) is 7.92. The van der Waals surface area contributed by atoms with Crippen LogP contribution in [0.2, 0.25) is 0 Å². The lowest BCUT2D eigenvalue weighted by Gasteiger charge is -2.37. The van der Waals surface area contributed by atoms with Gasteiger partial charge >= 0.3 is 0 Å². The molecule has 0 spiro atoms. The maximum Gasteiger partial charge on any atom is 0.159 e. The fourth-order valence-electron chi connectivity index (χ4n) is 4.93. The van der Waals surface area contributed by atoms with E-state index in [1.165, 1.54) is 69.9 Å². The predicted molar refractivity (Wildman–Crippen MR) is 91.2 cm³/mol. The SMILES string of the molecule is CCC1CCC(C2CCC(Cc3ccc(F)c(F)c3)CC2)CC1. The lowest BCUT2D eigenvalue weighted by molar-refractivity contribution is 0.145. The van der Waals surface area contributed by atoms with E-state index < -0.39 is 11.6 Å². The summed E-state index contributed by atoms with van der Waals surface area (Å²) in [5, 5.41) is 0. The molecule has 0 unspecified atom stereocenters. The van der Waals surface area contributed by atoms with E-state index in [0.29, 0.717) is 5.92 Å². The van der Waals surface area contributed by atoms with Crippen molar-refractivity contribution < 1.29 is 8.78 Å². The number of hydrogen-bond donors (Lipinski definition) is 0. The highest BCUT2D eigenvalue weighted by atomic mass is 19.2. The van der Waals surface area contributed by atoms with Crippen molar-refractivity contribution in [2.24, 2.45) is 23.7 Å². The molecule has 2 heteroatoms. The van der Waals surface area contributed by atoms with Crippen LogP contribution >= 0.6 is 0 Å². The van der Waals surface area contributed by atoms with Gasteiger partial charge in [-0.05, 0) is 86.3 Å². The third kappa shape index (κ3) is 4.33. The van der Waals surface area contributed by atoms with E-state index in [-0.39, 0.29) is 0 Å². The van der Waals surface area contributed by atoms with Gasteiger partial charge in [-0.15, -0.1) is 0 Å². The third-order valence-electron chi connectivity index (χ3n) is 6.54. The maximum absolute atomic E-state index is 13.3. The van der Waals surface area contributed by atoms with E-state index in [2.05, 4.69) is 6.92 Å². The Hall–Kier alpha value is -0.920. The Kier molecular flexibility index (Phi) is 5.71. The molecule has 0 aromatic heterocycles. The van der Waals surface area contributed by atoms with Gasteiger partial charge in [0, 0.05) is 0 Å². The molecule has 0 amide bonds. The monoisotopic (exact) mass is 320 g/mol. The van der Waals surface area contributed by atoms with E-state index in [1.807, 2.05) is 0 Å². The molecule has 2 saturated carbocycles. The highest BCUT2D eigenvalue weighted by molar-refractivity contribution is 5.18. The van der Waals surface area contributed by atoms with Crippen LogP contribution in [0.25, 0.3) is 0 Å². The van der Waals surface area contributed by atoms with Crippen molar-refractivity contribution in [1.82, 2.24) is 0 Å². The normalized spacial score (nSPS) is 32.0. The molecule has 0 nitrogen and oxygen atoms in total. The molecule has 0 aliphatic heterocycles. The lowest BCUT2D eigenvalue weighted by Crippen LogP contribution is -2.26. The van der Waals surface area contributed by atoms with Gasteiger partial charge in [0.25, 0.3) is 0 Å². The van der Waals surface area contributed by atoms with Gasteiger partial charge in [-0.2, -0.15) is 0 Å². The quantitative estimate of drug-likeness (QED) is 0.591. The van der Waals surface area contributed by atoms with Crippen molar-refractivity contribution in [2.75, 3.05) is 0 Å². The Labute approximate surface area is 139 Å². The van der Waals surface area contributed by atoms with Crippen LogP contribution in [0.4, 0.5) is 8.78 Å². The molecule has 128 valence electrons. The molecular weight excluding hydrogens is 290 g/mol. The summed E-state index contributed by atoms with van der Waals surface area (Å²) in [4.78, 5) is 0. The molecule has 0 bridgehead atoms.